The molecule has 0 atom stereocenters. The zero-order chi connectivity index (χ0) is 19.0. The molecule has 0 radical (unpaired) electrons. The number of furan rings is 1. The fourth-order valence-electron chi connectivity index (χ4n) is 3.47. The maximum absolute atomic E-state index is 12.5. The third-order valence-corrected chi connectivity index (χ3v) is 4.93. The fraction of sp³-hybridized carbons (Fsp3) is 0.273. The van der Waals surface area contributed by atoms with E-state index in [2.05, 4.69) is 5.32 Å². The highest BCUT2D eigenvalue weighted by Gasteiger charge is 2.23. The van der Waals surface area contributed by atoms with Crippen LogP contribution in [0.15, 0.2) is 52.9 Å². The molecule has 2 aromatic carbocycles. The first-order valence-corrected chi connectivity index (χ1v) is 9.22. The quantitative estimate of drug-likeness (QED) is 0.758. The van der Waals surface area contributed by atoms with Crippen molar-refractivity contribution >= 4 is 28.5 Å². The molecule has 1 aliphatic heterocycles. The minimum Gasteiger partial charge on any atom is -0.451 e. The molecule has 2 heterocycles. The number of hydrogen-bond donors (Lipinski definition) is 1. The Kier molecular flexibility index (Phi) is 4.44. The number of benzene rings is 2. The standard InChI is InChI=1S/C22H22N2O3/c1-14(2)22(26)24-10-9-15-7-8-18(11-17(15)13-24)23-21(25)20-12-16-5-3-4-6-19(16)27-20/h3-8,11-12,14H,9-10,13H2,1-2H3,(H,23,25). The van der Waals surface area contributed by atoms with E-state index >= 15 is 0 Å². The molecule has 3 aromatic rings. The number of carbonyl (C=O) groups is 2. The van der Waals surface area contributed by atoms with Gasteiger partial charge in [-0.1, -0.05) is 38.1 Å². The van der Waals surface area contributed by atoms with Gasteiger partial charge >= 0.3 is 0 Å². The average Bonchev–Trinajstić information content (AvgIpc) is 3.11. The van der Waals surface area contributed by atoms with Crippen molar-refractivity contribution in [3.05, 3.63) is 65.4 Å². The highest BCUT2D eigenvalue weighted by Crippen LogP contribution is 2.25. The van der Waals surface area contributed by atoms with Crippen LogP contribution in [0.1, 0.15) is 35.5 Å². The van der Waals surface area contributed by atoms with Gasteiger partial charge in [-0.15, -0.1) is 0 Å². The van der Waals surface area contributed by atoms with Crippen LogP contribution in [0.2, 0.25) is 0 Å². The van der Waals surface area contributed by atoms with Crippen molar-refractivity contribution in [3.8, 4) is 0 Å². The first-order valence-electron chi connectivity index (χ1n) is 9.22. The molecular weight excluding hydrogens is 340 g/mol. The minimum absolute atomic E-state index is 0.0116. The summed E-state index contributed by atoms with van der Waals surface area (Å²) in [7, 11) is 0. The third-order valence-electron chi connectivity index (χ3n) is 4.93. The van der Waals surface area contributed by atoms with E-state index in [9.17, 15) is 9.59 Å². The summed E-state index contributed by atoms with van der Waals surface area (Å²) in [6.07, 6.45) is 0.839. The molecule has 5 heteroatoms. The van der Waals surface area contributed by atoms with Crippen LogP contribution in [-0.2, 0) is 17.8 Å². The predicted molar refractivity (Wildman–Crippen MR) is 105 cm³/mol. The first kappa shape index (κ1) is 17.3. The molecule has 1 aromatic heterocycles. The Balaban J connectivity index is 1.52. The maximum Gasteiger partial charge on any atom is 0.291 e. The number of carbonyl (C=O) groups excluding carboxylic acids is 2. The Bertz CT molecular complexity index is 986. The second kappa shape index (κ2) is 6.91. The summed E-state index contributed by atoms with van der Waals surface area (Å²) >= 11 is 0. The lowest BCUT2D eigenvalue weighted by Crippen LogP contribution is -2.38. The number of hydrogen-bond acceptors (Lipinski definition) is 3. The summed E-state index contributed by atoms with van der Waals surface area (Å²) < 4.78 is 5.62. The van der Waals surface area contributed by atoms with Gasteiger partial charge in [0, 0.05) is 30.1 Å². The summed E-state index contributed by atoms with van der Waals surface area (Å²) in [5.74, 6) is 0.155. The number of nitrogens with zero attached hydrogens (tertiary/aromatic N) is 1. The summed E-state index contributed by atoms with van der Waals surface area (Å²) in [5.41, 5.74) is 3.70. The topological polar surface area (TPSA) is 62.6 Å². The largest absolute Gasteiger partial charge is 0.451 e. The highest BCUT2D eigenvalue weighted by atomic mass is 16.3. The Morgan fingerprint density at radius 1 is 1.07 bits per heavy atom. The molecule has 27 heavy (non-hydrogen) atoms. The van der Waals surface area contributed by atoms with Gasteiger partial charge in [0.25, 0.3) is 5.91 Å². The van der Waals surface area contributed by atoms with Crippen molar-refractivity contribution < 1.29 is 14.0 Å². The molecule has 0 spiro atoms. The third kappa shape index (κ3) is 3.45. The Morgan fingerprint density at radius 2 is 1.89 bits per heavy atom. The van der Waals surface area contributed by atoms with Crippen molar-refractivity contribution in [2.75, 3.05) is 11.9 Å². The normalized spacial score (nSPS) is 13.7. The molecular formula is C22H22N2O3. The molecule has 0 fully saturated rings. The molecule has 138 valence electrons. The van der Waals surface area contributed by atoms with Gasteiger partial charge in [0.2, 0.25) is 5.91 Å². The van der Waals surface area contributed by atoms with Crippen molar-refractivity contribution in [1.82, 2.24) is 4.90 Å². The fourth-order valence-corrected chi connectivity index (χ4v) is 3.47. The van der Waals surface area contributed by atoms with Crippen molar-refractivity contribution in [2.45, 2.75) is 26.8 Å². The average molecular weight is 362 g/mol. The zero-order valence-electron chi connectivity index (χ0n) is 15.5. The molecule has 4 rings (SSSR count). The van der Waals surface area contributed by atoms with Crippen LogP contribution >= 0.6 is 0 Å². The van der Waals surface area contributed by atoms with Gasteiger partial charge in [-0.05, 0) is 41.8 Å². The molecule has 1 N–H and O–H groups in total. The van der Waals surface area contributed by atoms with E-state index in [1.807, 2.05) is 61.2 Å². The second-order valence-corrected chi connectivity index (χ2v) is 7.25. The predicted octanol–water partition coefficient (Wildman–Crippen LogP) is 4.23. The lowest BCUT2D eigenvalue weighted by atomic mass is 9.98. The number of anilines is 1. The number of rotatable bonds is 3. The molecule has 0 bridgehead atoms. The van der Waals surface area contributed by atoms with Gasteiger partial charge in [-0.2, -0.15) is 0 Å². The van der Waals surface area contributed by atoms with Gasteiger partial charge in [0.15, 0.2) is 5.76 Å². The molecule has 0 aliphatic carbocycles. The van der Waals surface area contributed by atoms with Gasteiger partial charge in [0.1, 0.15) is 5.58 Å². The molecule has 5 nitrogen and oxygen atoms in total. The van der Waals surface area contributed by atoms with E-state index in [1.165, 1.54) is 5.56 Å². The SMILES string of the molecule is CC(C)C(=O)N1CCc2ccc(NC(=O)c3cc4ccccc4o3)cc2C1. The number of fused-ring (bicyclic) bond motifs is 2. The summed E-state index contributed by atoms with van der Waals surface area (Å²) in [5, 5.41) is 3.80. The summed E-state index contributed by atoms with van der Waals surface area (Å²) in [6, 6.07) is 15.2. The monoisotopic (exact) mass is 362 g/mol. The number of nitrogens with one attached hydrogen (secondary N) is 1. The van der Waals surface area contributed by atoms with Crippen molar-refractivity contribution in [3.63, 3.8) is 0 Å². The Labute approximate surface area is 158 Å². The van der Waals surface area contributed by atoms with Crippen LogP contribution in [0, 0.1) is 5.92 Å². The van der Waals surface area contributed by atoms with E-state index < -0.39 is 0 Å². The van der Waals surface area contributed by atoms with E-state index in [0.29, 0.717) is 17.8 Å². The molecule has 0 saturated carbocycles. The van der Waals surface area contributed by atoms with Crippen LogP contribution in [0.3, 0.4) is 0 Å². The van der Waals surface area contributed by atoms with Crippen LogP contribution in [-0.4, -0.2) is 23.3 Å². The van der Waals surface area contributed by atoms with E-state index in [0.717, 1.165) is 23.9 Å². The second-order valence-electron chi connectivity index (χ2n) is 7.25. The van der Waals surface area contributed by atoms with Gasteiger partial charge in [-0.25, -0.2) is 0 Å². The van der Waals surface area contributed by atoms with Crippen LogP contribution in [0.5, 0.6) is 0 Å². The van der Waals surface area contributed by atoms with Crippen LogP contribution in [0.25, 0.3) is 11.0 Å². The zero-order valence-corrected chi connectivity index (χ0v) is 15.5. The molecule has 0 saturated heterocycles. The van der Waals surface area contributed by atoms with E-state index in [1.54, 1.807) is 6.07 Å². The summed E-state index contributed by atoms with van der Waals surface area (Å²) in [4.78, 5) is 26.7. The maximum atomic E-state index is 12.5. The minimum atomic E-state index is -0.280. The lowest BCUT2D eigenvalue weighted by molar-refractivity contribution is -0.135. The molecule has 1 aliphatic rings. The van der Waals surface area contributed by atoms with Gasteiger partial charge in [0.05, 0.1) is 0 Å². The van der Waals surface area contributed by atoms with Crippen molar-refractivity contribution in [1.29, 1.82) is 0 Å². The molecule has 0 unspecified atom stereocenters. The van der Waals surface area contributed by atoms with Crippen molar-refractivity contribution in [2.24, 2.45) is 5.92 Å². The Hall–Kier alpha value is -3.08. The van der Waals surface area contributed by atoms with Crippen LogP contribution in [0.4, 0.5) is 5.69 Å². The smallest absolute Gasteiger partial charge is 0.291 e. The first-order chi connectivity index (χ1) is 13.0. The number of para-hydroxylation sites is 1. The van der Waals surface area contributed by atoms with Gasteiger partial charge < -0.3 is 14.6 Å². The Morgan fingerprint density at radius 3 is 2.67 bits per heavy atom. The highest BCUT2D eigenvalue weighted by molar-refractivity contribution is 6.04. The number of amides is 2. The van der Waals surface area contributed by atoms with Gasteiger partial charge in [-0.3, -0.25) is 9.59 Å². The lowest BCUT2D eigenvalue weighted by Gasteiger charge is -2.30. The summed E-state index contributed by atoms with van der Waals surface area (Å²) in [6.45, 7) is 5.17. The van der Waals surface area contributed by atoms with E-state index in [-0.39, 0.29) is 23.5 Å². The van der Waals surface area contributed by atoms with E-state index in [4.69, 9.17) is 4.42 Å². The molecule has 2 amide bonds. The van der Waals surface area contributed by atoms with Crippen LogP contribution < -0.4 is 5.32 Å².